The van der Waals surface area contributed by atoms with E-state index in [4.69, 9.17) is 10.9 Å². The van der Waals surface area contributed by atoms with Crippen molar-refractivity contribution in [2.24, 2.45) is 22.7 Å². The lowest BCUT2D eigenvalue weighted by Crippen LogP contribution is -2.30. The highest BCUT2D eigenvalue weighted by atomic mass is 16.4. The van der Waals surface area contributed by atoms with Gasteiger partial charge in [-0.05, 0) is 44.2 Å². The fraction of sp³-hybridized carbons (Fsp3) is 0.923. The number of hydrogen-bond donors (Lipinski definition) is 3. The summed E-state index contributed by atoms with van der Waals surface area (Å²) in [5.74, 6) is 2.09. The Hall–Kier alpha value is -0.770. The number of unbranched alkanes of at least 4 members (excludes halogenated alkanes) is 1. The Morgan fingerprint density at radius 2 is 2.12 bits per heavy atom. The standard InChI is InChI=1S/C13H27N3O/c1-11-6-2-3-7-12(11)10-15-9-5-4-8-13(14)16-17/h11-12,15,17H,2-10H2,1H3,(H2,14,16). The average molecular weight is 241 g/mol. The molecule has 2 unspecified atom stereocenters. The third-order valence-corrected chi connectivity index (χ3v) is 3.86. The summed E-state index contributed by atoms with van der Waals surface area (Å²) in [6, 6.07) is 0. The van der Waals surface area contributed by atoms with Gasteiger partial charge in [0.25, 0.3) is 0 Å². The predicted octanol–water partition coefficient (Wildman–Crippen LogP) is 2.32. The lowest BCUT2D eigenvalue weighted by atomic mass is 9.80. The predicted molar refractivity (Wildman–Crippen MR) is 71.3 cm³/mol. The molecule has 0 radical (unpaired) electrons. The van der Waals surface area contributed by atoms with Crippen LogP contribution >= 0.6 is 0 Å². The molecule has 1 saturated carbocycles. The van der Waals surface area contributed by atoms with Crippen LogP contribution in [0.15, 0.2) is 5.16 Å². The molecule has 0 heterocycles. The highest BCUT2D eigenvalue weighted by molar-refractivity contribution is 5.79. The van der Waals surface area contributed by atoms with Crippen molar-refractivity contribution in [2.45, 2.75) is 51.9 Å². The molecule has 1 fully saturated rings. The minimum absolute atomic E-state index is 0.339. The van der Waals surface area contributed by atoms with E-state index in [0.29, 0.717) is 12.3 Å². The minimum Gasteiger partial charge on any atom is -0.409 e. The number of nitrogens with one attached hydrogen (secondary N) is 1. The molecule has 0 saturated heterocycles. The van der Waals surface area contributed by atoms with Crippen LogP contribution in [-0.4, -0.2) is 24.1 Å². The van der Waals surface area contributed by atoms with Gasteiger partial charge in [0.2, 0.25) is 0 Å². The Labute approximate surface area is 105 Å². The first-order valence-corrected chi connectivity index (χ1v) is 6.91. The van der Waals surface area contributed by atoms with Crippen molar-refractivity contribution in [3.05, 3.63) is 0 Å². The van der Waals surface area contributed by atoms with E-state index in [-0.39, 0.29) is 0 Å². The van der Waals surface area contributed by atoms with Crippen LogP contribution in [-0.2, 0) is 0 Å². The SMILES string of the molecule is CC1CCCCC1CNCCCC/C(N)=N/O. The Morgan fingerprint density at radius 1 is 1.35 bits per heavy atom. The fourth-order valence-corrected chi connectivity index (χ4v) is 2.59. The molecule has 4 nitrogen and oxygen atoms in total. The van der Waals surface area contributed by atoms with Gasteiger partial charge < -0.3 is 16.3 Å². The summed E-state index contributed by atoms with van der Waals surface area (Å²) in [7, 11) is 0. The zero-order valence-corrected chi connectivity index (χ0v) is 11.0. The minimum atomic E-state index is 0.339. The fourth-order valence-electron chi connectivity index (χ4n) is 2.59. The van der Waals surface area contributed by atoms with Crippen LogP contribution in [0.25, 0.3) is 0 Å². The van der Waals surface area contributed by atoms with Crippen molar-refractivity contribution >= 4 is 5.84 Å². The van der Waals surface area contributed by atoms with Crippen LogP contribution in [0.2, 0.25) is 0 Å². The van der Waals surface area contributed by atoms with Crippen molar-refractivity contribution in [2.75, 3.05) is 13.1 Å². The second-order valence-electron chi connectivity index (χ2n) is 5.27. The van der Waals surface area contributed by atoms with Gasteiger partial charge >= 0.3 is 0 Å². The van der Waals surface area contributed by atoms with Crippen molar-refractivity contribution in [1.82, 2.24) is 5.32 Å². The van der Waals surface area contributed by atoms with Gasteiger partial charge in [0.05, 0.1) is 0 Å². The second-order valence-corrected chi connectivity index (χ2v) is 5.27. The first-order valence-electron chi connectivity index (χ1n) is 6.91. The number of nitrogens with two attached hydrogens (primary N) is 1. The molecule has 4 N–H and O–H groups in total. The van der Waals surface area contributed by atoms with Crippen molar-refractivity contribution in [3.63, 3.8) is 0 Å². The van der Waals surface area contributed by atoms with Crippen molar-refractivity contribution < 1.29 is 5.21 Å². The van der Waals surface area contributed by atoms with Gasteiger partial charge in [-0.25, -0.2) is 0 Å². The number of nitrogens with zero attached hydrogens (tertiary/aromatic N) is 1. The molecular weight excluding hydrogens is 214 g/mol. The summed E-state index contributed by atoms with van der Waals surface area (Å²) in [6.45, 7) is 4.58. The Kier molecular flexibility index (Phi) is 7.01. The smallest absolute Gasteiger partial charge is 0.139 e. The summed E-state index contributed by atoms with van der Waals surface area (Å²) in [5.41, 5.74) is 5.40. The highest BCUT2D eigenvalue weighted by Gasteiger charge is 2.20. The Bertz CT molecular complexity index is 231. The molecule has 0 aliphatic heterocycles. The van der Waals surface area contributed by atoms with Crippen LogP contribution in [0.4, 0.5) is 0 Å². The number of amidine groups is 1. The van der Waals surface area contributed by atoms with E-state index in [1.54, 1.807) is 0 Å². The van der Waals surface area contributed by atoms with Gasteiger partial charge in [-0.2, -0.15) is 0 Å². The van der Waals surface area contributed by atoms with E-state index >= 15 is 0 Å². The summed E-state index contributed by atoms with van der Waals surface area (Å²) >= 11 is 0. The molecule has 1 rings (SSSR count). The molecule has 100 valence electrons. The van der Waals surface area contributed by atoms with Crippen LogP contribution < -0.4 is 11.1 Å². The van der Waals surface area contributed by atoms with Gasteiger partial charge in [-0.1, -0.05) is 31.3 Å². The number of oxime groups is 1. The lowest BCUT2D eigenvalue weighted by Gasteiger charge is -2.28. The maximum Gasteiger partial charge on any atom is 0.139 e. The Balaban J connectivity index is 1.96. The van der Waals surface area contributed by atoms with Gasteiger partial charge in [0.15, 0.2) is 0 Å². The van der Waals surface area contributed by atoms with E-state index in [2.05, 4.69) is 17.4 Å². The van der Waals surface area contributed by atoms with E-state index < -0.39 is 0 Å². The molecule has 0 spiro atoms. The molecule has 1 aliphatic rings. The molecule has 0 aromatic rings. The molecular formula is C13H27N3O. The lowest BCUT2D eigenvalue weighted by molar-refractivity contribution is 0.248. The summed E-state index contributed by atoms with van der Waals surface area (Å²) in [4.78, 5) is 0. The first kappa shape index (κ1) is 14.3. The maximum atomic E-state index is 8.38. The summed E-state index contributed by atoms with van der Waals surface area (Å²) < 4.78 is 0. The Morgan fingerprint density at radius 3 is 2.82 bits per heavy atom. The van der Waals surface area contributed by atoms with E-state index in [1.807, 2.05) is 0 Å². The molecule has 2 atom stereocenters. The highest BCUT2D eigenvalue weighted by Crippen LogP contribution is 2.28. The number of rotatable bonds is 7. The third-order valence-electron chi connectivity index (χ3n) is 3.86. The summed E-state index contributed by atoms with van der Waals surface area (Å²) in [6.07, 6.45) is 8.38. The molecule has 0 amide bonds. The van der Waals surface area contributed by atoms with Gasteiger partial charge in [0, 0.05) is 6.42 Å². The van der Waals surface area contributed by atoms with Gasteiger partial charge in [0.1, 0.15) is 5.84 Å². The zero-order chi connectivity index (χ0) is 12.5. The van der Waals surface area contributed by atoms with Crippen LogP contribution in [0.5, 0.6) is 0 Å². The van der Waals surface area contributed by atoms with Crippen LogP contribution in [0.3, 0.4) is 0 Å². The topological polar surface area (TPSA) is 70.6 Å². The monoisotopic (exact) mass is 241 g/mol. The van der Waals surface area contributed by atoms with E-state index in [1.165, 1.54) is 25.7 Å². The largest absolute Gasteiger partial charge is 0.409 e. The molecule has 0 aromatic carbocycles. The molecule has 0 bridgehead atoms. The van der Waals surface area contributed by atoms with Gasteiger partial charge in [-0.3, -0.25) is 0 Å². The van der Waals surface area contributed by atoms with Crippen molar-refractivity contribution in [1.29, 1.82) is 0 Å². The summed E-state index contributed by atoms with van der Waals surface area (Å²) in [5, 5.41) is 14.9. The van der Waals surface area contributed by atoms with Crippen LogP contribution in [0.1, 0.15) is 51.9 Å². The molecule has 17 heavy (non-hydrogen) atoms. The molecule has 0 aromatic heterocycles. The average Bonchev–Trinajstić information content (AvgIpc) is 2.35. The van der Waals surface area contributed by atoms with Crippen molar-refractivity contribution in [3.8, 4) is 0 Å². The van der Waals surface area contributed by atoms with Crippen LogP contribution in [0, 0.1) is 11.8 Å². The molecule has 4 heteroatoms. The number of hydrogen-bond acceptors (Lipinski definition) is 3. The first-order chi connectivity index (χ1) is 8.24. The molecule has 1 aliphatic carbocycles. The third kappa shape index (κ3) is 5.91. The second kappa shape index (κ2) is 8.34. The quantitative estimate of drug-likeness (QED) is 0.211. The van der Waals surface area contributed by atoms with Gasteiger partial charge in [-0.15, -0.1) is 0 Å². The maximum absolute atomic E-state index is 8.38. The zero-order valence-electron chi connectivity index (χ0n) is 11.0. The van der Waals surface area contributed by atoms with E-state index in [9.17, 15) is 0 Å². The van der Waals surface area contributed by atoms with E-state index in [0.717, 1.165) is 37.8 Å². The normalized spacial score (nSPS) is 26.1.